The molecule has 0 bridgehead atoms. The molecular weight excluding hydrogens is 439 g/mol. The molecule has 1 aromatic carbocycles. The number of alkyl carbamates (subject to hydrolysis) is 1. The van der Waals surface area contributed by atoms with Gasteiger partial charge >= 0.3 is 12.3 Å². The van der Waals surface area contributed by atoms with Crippen LogP contribution in [0.4, 0.5) is 18.0 Å². The molecule has 1 fully saturated rings. The molecule has 1 heterocycles. The molecule has 1 unspecified atom stereocenters. The highest BCUT2D eigenvalue weighted by atomic mass is 79.9. The van der Waals surface area contributed by atoms with Crippen LogP contribution in [0.3, 0.4) is 0 Å². The molecule has 0 spiro atoms. The maximum absolute atomic E-state index is 13.8. The van der Waals surface area contributed by atoms with Crippen LogP contribution >= 0.6 is 15.9 Å². The third-order valence-corrected chi connectivity index (χ3v) is 5.11. The van der Waals surface area contributed by atoms with Crippen LogP contribution < -0.4 is 5.32 Å². The smallest absolute Gasteiger partial charge is 0.408 e. The first-order valence-electron chi connectivity index (χ1n) is 8.79. The largest absolute Gasteiger partial charge is 0.444 e. The number of aromatic amines is 1. The number of halogens is 4. The number of ether oxygens (including phenoxy) is 1. The molecule has 2 N–H and O–H groups in total. The van der Waals surface area contributed by atoms with E-state index < -0.39 is 29.3 Å². The first-order chi connectivity index (χ1) is 12.9. The first-order valence-corrected chi connectivity index (χ1v) is 9.58. The Morgan fingerprint density at radius 1 is 1.25 bits per heavy atom. The van der Waals surface area contributed by atoms with Crippen LogP contribution in [0.15, 0.2) is 34.9 Å². The summed E-state index contributed by atoms with van der Waals surface area (Å²) in [5, 5.41) is 2.39. The lowest BCUT2D eigenvalue weighted by Crippen LogP contribution is -2.43. The molecule has 1 aliphatic carbocycles. The highest BCUT2D eigenvalue weighted by Crippen LogP contribution is 2.64. The molecule has 3 rings (SSSR count). The van der Waals surface area contributed by atoms with E-state index in [0.717, 1.165) is 10.0 Å². The van der Waals surface area contributed by atoms with Crippen molar-refractivity contribution in [3.05, 3.63) is 40.8 Å². The van der Waals surface area contributed by atoms with Crippen LogP contribution in [-0.4, -0.2) is 27.8 Å². The molecule has 0 aliphatic heterocycles. The van der Waals surface area contributed by atoms with Gasteiger partial charge in [-0.1, -0.05) is 28.1 Å². The number of imidazole rings is 1. The normalized spacial score (nSPS) is 17.1. The van der Waals surface area contributed by atoms with Crippen LogP contribution in [0, 0.1) is 5.41 Å². The minimum atomic E-state index is -4.47. The second kappa shape index (κ2) is 7.09. The van der Waals surface area contributed by atoms with E-state index in [0.29, 0.717) is 5.69 Å². The van der Waals surface area contributed by atoms with Crippen molar-refractivity contribution in [2.45, 2.75) is 51.4 Å². The average molecular weight is 460 g/mol. The first kappa shape index (κ1) is 20.7. The van der Waals surface area contributed by atoms with Gasteiger partial charge in [0.15, 0.2) is 0 Å². The zero-order valence-electron chi connectivity index (χ0n) is 15.7. The molecule has 1 saturated carbocycles. The maximum Gasteiger partial charge on any atom is 0.408 e. The second-order valence-corrected chi connectivity index (χ2v) is 8.83. The topological polar surface area (TPSA) is 67.0 Å². The standard InChI is InChI=1S/C19H21BrF3N3O2/c1-17(2,3)28-16(27)26-14(18(8-9-18)19(21,22)23)15-24-10-13(25-15)11-4-6-12(20)7-5-11/h4-7,10,14H,8-9H2,1-3H3,(H,24,25)(H,26,27). The van der Waals surface area contributed by atoms with E-state index in [-0.39, 0.29) is 18.7 Å². The number of amides is 1. The molecule has 28 heavy (non-hydrogen) atoms. The zero-order chi connectivity index (χ0) is 20.7. The van der Waals surface area contributed by atoms with Gasteiger partial charge in [0.2, 0.25) is 0 Å². The Morgan fingerprint density at radius 2 is 1.86 bits per heavy atom. The van der Waals surface area contributed by atoms with Crippen LogP contribution in [0.2, 0.25) is 0 Å². The lowest BCUT2D eigenvalue weighted by molar-refractivity contribution is -0.196. The summed E-state index contributed by atoms with van der Waals surface area (Å²) in [7, 11) is 0. The highest BCUT2D eigenvalue weighted by molar-refractivity contribution is 9.10. The second-order valence-electron chi connectivity index (χ2n) is 7.91. The van der Waals surface area contributed by atoms with E-state index >= 15 is 0 Å². The number of carbonyl (C=O) groups is 1. The van der Waals surface area contributed by atoms with Gasteiger partial charge in [-0.15, -0.1) is 0 Å². The molecule has 1 atom stereocenters. The molecular formula is C19H21BrF3N3O2. The predicted octanol–water partition coefficient (Wildman–Crippen LogP) is 5.75. The molecule has 0 radical (unpaired) electrons. The molecule has 1 aliphatic rings. The fourth-order valence-corrected chi connectivity index (χ4v) is 3.28. The minimum absolute atomic E-state index is 0.0543. The molecule has 5 nitrogen and oxygen atoms in total. The number of hydrogen-bond donors (Lipinski definition) is 2. The SMILES string of the molecule is CC(C)(C)OC(=O)NC(c1nc(-c2ccc(Br)cc2)c[nH]1)C1(C(F)(F)F)CC1. The zero-order valence-corrected chi connectivity index (χ0v) is 17.2. The predicted molar refractivity (Wildman–Crippen MR) is 102 cm³/mol. The van der Waals surface area contributed by atoms with Crippen molar-refractivity contribution >= 4 is 22.0 Å². The Balaban J connectivity index is 1.92. The summed E-state index contributed by atoms with van der Waals surface area (Å²) < 4.78 is 47.3. The van der Waals surface area contributed by atoms with E-state index in [4.69, 9.17) is 4.74 Å². The summed E-state index contributed by atoms with van der Waals surface area (Å²) in [5.74, 6) is 0.0543. The Kier molecular flexibility index (Phi) is 5.24. The average Bonchev–Trinajstić information content (AvgIpc) is 3.23. The molecule has 9 heteroatoms. The van der Waals surface area contributed by atoms with Crippen LogP contribution in [0.1, 0.15) is 45.5 Å². The quantitative estimate of drug-likeness (QED) is 0.611. The number of alkyl halides is 3. The number of rotatable bonds is 4. The molecule has 0 saturated heterocycles. The summed E-state index contributed by atoms with van der Waals surface area (Å²) in [6.07, 6.45) is -4.00. The van der Waals surface area contributed by atoms with Crippen LogP contribution in [0.5, 0.6) is 0 Å². The third-order valence-electron chi connectivity index (χ3n) is 4.58. The van der Waals surface area contributed by atoms with E-state index in [1.165, 1.54) is 6.20 Å². The Morgan fingerprint density at radius 3 is 2.36 bits per heavy atom. The van der Waals surface area contributed by atoms with Gasteiger partial charge in [0.25, 0.3) is 0 Å². The van der Waals surface area contributed by atoms with E-state index in [9.17, 15) is 18.0 Å². The van der Waals surface area contributed by atoms with E-state index in [2.05, 4.69) is 31.2 Å². The summed E-state index contributed by atoms with van der Waals surface area (Å²) in [5.41, 5.74) is -1.62. The van der Waals surface area contributed by atoms with Gasteiger partial charge in [0.1, 0.15) is 17.5 Å². The number of aromatic nitrogens is 2. The third kappa shape index (κ3) is 4.34. The van der Waals surface area contributed by atoms with Gasteiger partial charge in [-0.25, -0.2) is 9.78 Å². The molecule has 2 aromatic rings. The lowest BCUT2D eigenvalue weighted by atomic mass is 9.95. The van der Waals surface area contributed by atoms with Crippen molar-refractivity contribution in [2.75, 3.05) is 0 Å². The highest BCUT2D eigenvalue weighted by Gasteiger charge is 2.68. The van der Waals surface area contributed by atoms with Crippen LogP contribution in [0.25, 0.3) is 11.3 Å². The van der Waals surface area contributed by atoms with Crippen molar-refractivity contribution in [3.63, 3.8) is 0 Å². The van der Waals surface area contributed by atoms with Crippen molar-refractivity contribution < 1.29 is 22.7 Å². The van der Waals surface area contributed by atoms with Crippen molar-refractivity contribution in [1.29, 1.82) is 0 Å². The summed E-state index contributed by atoms with van der Waals surface area (Å²) in [6.45, 7) is 4.95. The van der Waals surface area contributed by atoms with Crippen molar-refractivity contribution in [2.24, 2.45) is 5.41 Å². The van der Waals surface area contributed by atoms with E-state index in [1.54, 1.807) is 32.9 Å². The number of hydrogen-bond acceptors (Lipinski definition) is 3. The summed E-state index contributed by atoms with van der Waals surface area (Å²) in [4.78, 5) is 19.4. The van der Waals surface area contributed by atoms with Gasteiger partial charge in [-0.05, 0) is 45.7 Å². The molecule has 152 valence electrons. The van der Waals surface area contributed by atoms with Gasteiger partial charge in [-0.3, -0.25) is 0 Å². The van der Waals surface area contributed by atoms with Crippen molar-refractivity contribution in [1.82, 2.24) is 15.3 Å². The molecule has 1 aromatic heterocycles. The van der Waals surface area contributed by atoms with Gasteiger partial charge in [0, 0.05) is 16.2 Å². The fraction of sp³-hybridized carbons (Fsp3) is 0.474. The maximum atomic E-state index is 13.8. The monoisotopic (exact) mass is 459 g/mol. The number of benzene rings is 1. The van der Waals surface area contributed by atoms with Crippen molar-refractivity contribution in [3.8, 4) is 11.3 Å². The lowest BCUT2D eigenvalue weighted by Gasteiger charge is -2.29. The van der Waals surface area contributed by atoms with Gasteiger partial charge < -0.3 is 15.0 Å². The van der Waals surface area contributed by atoms with Gasteiger partial charge in [-0.2, -0.15) is 13.2 Å². The number of nitrogens with zero attached hydrogens (tertiary/aromatic N) is 1. The Labute approximate surface area is 169 Å². The number of carbonyl (C=O) groups excluding carboxylic acids is 1. The number of H-pyrrole nitrogens is 1. The van der Waals surface area contributed by atoms with E-state index in [1.807, 2.05) is 12.1 Å². The number of nitrogens with one attached hydrogen (secondary N) is 2. The fourth-order valence-electron chi connectivity index (χ4n) is 3.02. The van der Waals surface area contributed by atoms with Crippen LogP contribution in [-0.2, 0) is 4.74 Å². The Bertz CT molecular complexity index is 853. The Hall–Kier alpha value is -2.03. The van der Waals surface area contributed by atoms with Gasteiger partial charge in [0.05, 0.1) is 11.1 Å². The summed E-state index contributed by atoms with van der Waals surface area (Å²) in [6, 6.07) is 5.89. The minimum Gasteiger partial charge on any atom is -0.444 e. The summed E-state index contributed by atoms with van der Waals surface area (Å²) >= 11 is 3.34. The molecule has 1 amide bonds.